The lowest BCUT2D eigenvalue weighted by Gasteiger charge is -2.25. The Kier molecular flexibility index (Phi) is 5.58. The molecule has 0 spiro atoms. The number of benzene rings is 1. The maximum Gasteiger partial charge on any atom is 0.308 e. The number of carbonyl (C=O) groups excluding carboxylic acids is 2. The Labute approximate surface area is 130 Å². The van der Waals surface area contributed by atoms with Gasteiger partial charge in [-0.15, -0.1) is 0 Å². The molecule has 5 heteroatoms. The minimum atomic E-state index is -0.401. The molecule has 2 rings (SSSR count). The molecule has 1 heterocycles. The van der Waals surface area contributed by atoms with Gasteiger partial charge in [-0.05, 0) is 43.0 Å². The van der Waals surface area contributed by atoms with E-state index in [0.29, 0.717) is 11.5 Å². The zero-order valence-electron chi connectivity index (χ0n) is 13.0. The molecule has 0 atom stereocenters. The summed E-state index contributed by atoms with van der Waals surface area (Å²) in [6, 6.07) is 5.17. The molecule has 0 aliphatic carbocycles. The number of nitrogens with zero attached hydrogens (tertiary/aromatic N) is 1. The maximum atomic E-state index is 12.1. The van der Waals surface area contributed by atoms with Crippen LogP contribution in [-0.4, -0.2) is 37.0 Å². The van der Waals surface area contributed by atoms with Crippen LogP contribution in [0.1, 0.15) is 31.7 Å². The lowest BCUT2D eigenvalue weighted by Crippen LogP contribution is -2.34. The zero-order valence-corrected chi connectivity index (χ0v) is 13.0. The van der Waals surface area contributed by atoms with Crippen LogP contribution >= 0.6 is 0 Å². The van der Waals surface area contributed by atoms with Crippen LogP contribution in [0.5, 0.6) is 11.5 Å². The number of rotatable bonds is 4. The molecule has 22 heavy (non-hydrogen) atoms. The van der Waals surface area contributed by atoms with Gasteiger partial charge in [-0.3, -0.25) is 9.59 Å². The van der Waals surface area contributed by atoms with Gasteiger partial charge in [0.05, 0.1) is 7.11 Å². The van der Waals surface area contributed by atoms with E-state index in [1.165, 1.54) is 20.5 Å². The van der Waals surface area contributed by atoms with Crippen LogP contribution < -0.4 is 9.47 Å². The Morgan fingerprint density at radius 3 is 2.50 bits per heavy atom. The maximum absolute atomic E-state index is 12.1. The fourth-order valence-electron chi connectivity index (χ4n) is 2.41. The second-order valence-electron chi connectivity index (χ2n) is 5.22. The highest BCUT2D eigenvalue weighted by Gasteiger charge is 2.13. The third kappa shape index (κ3) is 4.35. The number of piperidine rings is 1. The smallest absolute Gasteiger partial charge is 0.308 e. The minimum absolute atomic E-state index is 0.0303. The molecule has 118 valence electrons. The fraction of sp³-hybridized carbons (Fsp3) is 0.412. The van der Waals surface area contributed by atoms with E-state index in [-0.39, 0.29) is 5.91 Å². The summed E-state index contributed by atoms with van der Waals surface area (Å²) in [5.74, 6) is 0.460. The second kappa shape index (κ2) is 7.64. The molecule has 0 aromatic heterocycles. The first-order chi connectivity index (χ1) is 10.6. The average Bonchev–Trinajstić information content (AvgIpc) is 2.54. The summed E-state index contributed by atoms with van der Waals surface area (Å²) in [5.41, 5.74) is 0.818. The van der Waals surface area contributed by atoms with Crippen LogP contribution in [0.25, 0.3) is 6.08 Å². The van der Waals surface area contributed by atoms with E-state index in [4.69, 9.17) is 9.47 Å². The van der Waals surface area contributed by atoms with Crippen LogP contribution in [0, 0.1) is 0 Å². The summed E-state index contributed by atoms with van der Waals surface area (Å²) in [6.07, 6.45) is 6.67. The lowest BCUT2D eigenvalue weighted by atomic mass is 10.1. The average molecular weight is 303 g/mol. The lowest BCUT2D eigenvalue weighted by molar-refractivity contribution is -0.132. The number of hydrogen-bond acceptors (Lipinski definition) is 4. The Morgan fingerprint density at radius 1 is 1.14 bits per heavy atom. The standard InChI is InChI=1S/C17H21NO4/c1-13(19)22-15-8-6-14(12-16(15)21-2)7-9-17(20)18-10-4-3-5-11-18/h6-9,12H,3-5,10-11H2,1-2H3/b9-7+. The summed E-state index contributed by atoms with van der Waals surface area (Å²) in [4.78, 5) is 25.0. The molecule has 5 nitrogen and oxygen atoms in total. The van der Waals surface area contributed by atoms with E-state index in [9.17, 15) is 9.59 Å². The number of hydrogen-bond donors (Lipinski definition) is 0. The molecule has 0 N–H and O–H groups in total. The molecule has 0 unspecified atom stereocenters. The predicted molar refractivity (Wildman–Crippen MR) is 83.8 cm³/mol. The third-order valence-corrected chi connectivity index (χ3v) is 3.53. The van der Waals surface area contributed by atoms with Crippen LogP contribution in [0.15, 0.2) is 24.3 Å². The van der Waals surface area contributed by atoms with Crippen molar-refractivity contribution in [2.24, 2.45) is 0 Å². The van der Waals surface area contributed by atoms with Gasteiger partial charge in [0, 0.05) is 26.1 Å². The Bertz CT molecular complexity index is 574. The highest BCUT2D eigenvalue weighted by molar-refractivity contribution is 5.92. The van der Waals surface area contributed by atoms with E-state index in [0.717, 1.165) is 31.5 Å². The first kappa shape index (κ1) is 16.1. The highest BCUT2D eigenvalue weighted by atomic mass is 16.6. The summed E-state index contributed by atoms with van der Waals surface area (Å²) in [7, 11) is 1.51. The first-order valence-corrected chi connectivity index (χ1v) is 7.43. The molecular formula is C17H21NO4. The monoisotopic (exact) mass is 303 g/mol. The van der Waals surface area contributed by atoms with Gasteiger partial charge in [0.25, 0.3) is 0 Å². The number of esters is 1. The zero-order chi connectivity index (χ0) is 15.9. The molecule has 0 radical (unpaired) electrons. The summed E-state index contributed by atoms with van der Waals surface area (Å²) in [6.45, 7) is 3.00. The molecule has 1 fully saturated rings. The van der Waals surface area contributed by atoms with E-state index in [1.807, 2.05) is 4.90 Å². The normalized spacial score (nSPS) is 14.9. The van der Waals surface area contributed by atoms with Crippen LogP contribution in [0.2, 0.25) is 0 Å². The van der Waals surface area contributed by atoms with Gasteiger partial charge in [-0.1, -0.05) is 6.07 Å². The molecule has 1 saturated heterocycles. The van der Waals surface area contributed by atoms with E-state index < -0.39 is 5.97 Å². The Hall–Kier alpha value is -2.30. The quantitative estimate of drug-likeness (QED) is 0.487. The number of amides is 1. The second-order valence-corrected chi connectivity index (χ2v) is 5.22. The van der Waals surface area contributed by atoms with E-state index in [1.54, 1.807) is 30.4 Å². The van der Waals surface area contributed by atoms with E-state index in [2.05, 4.69) is 0 Å². The van der Waals surface area contributed by atoms with Gasteiger partial charge in [0.1, 0.15) is 0 Å². The van der Waals surface area contributed by atoms with Gasteiger partial charge >= 0.3 is 5.97 Å². The SMILES string of the molecule is COc1cc(/C=C/C(=O)N2CCCCC2)ccc1OC(C)=O. The van der Waals surface area contributed by atoms with Crippen LogP contribution in [0.4, 0.5) is 0 Å². The third-order valence-electron chi connectivity index (χ3n) is 3.53. The number of ether oxygens (including phenoxy) is 2. The fourth-order valence-corrected chi connectivity index (χ4v) is 2.41. The number of carbonyl (C=O) groups is 2. The van der Waals surface area contributed by atoms with Crippen LogP contribution in [-0.2, 0) is 9.59 Å². The number of methoxy groups -OCH3 is 1. The van der Waals surface area contributed by atoms with Crippen molar-refractivity contribution in [1.29, 1.82) is 0 Å². The Morgan fingerprint density at radius 2 is 1.86 bits per heavy atom. The van der Waals surface area contributed by atoms with Gasteiger partial charge in [-0.2, -0.15) is 0 Å². The van der Waals surface area contributed by atoms with Crippen molar-refractivity contribution in [3.8, 4) is 11.5 Å². The van der Waals surface area contributed by atoms with Crippen molar-refractivity contribution in [3.05, 3.63) is 29.8 Å². The molecule has 0 saturated carbocycles. The van der Waals surface area contributed by atoms with E-state index >= 15 is 0 Å². The summed E-state index contributed by atoms with van der Waals surface area (Å²) >= 11 is 0. The van der Waals surface area contributed by atoms with Crippen molar-refractivity contribution in [2.75, 3.05) is 20.2 Å². The van der Waals surface area contributed by atoms with Crippen molar-refractivity contribution < 1.29 is 19.1 Å². The van der Waals surface area contributed by atoms with Gasteiger partial charge in [0.15, 0.2) is 11.5 Å². The van der Waals surface area contributed by atoms with Crippen molar-refractivity contribution >= 4 is 18.0 Å². The van der Waals surface area contributed by atoms with Crippen molar-refractivity contribution in [2.45, 2.75) is 26.2 Å². The first-order valence-electron chi connectivity index (χ1n) is 7.43. The Balaban J connectivity index is 2.07. The molecule has 1 aliphatic heterocycles. The minimum Gasteiger partial charge on any atom is -0.493 e. The molecule has 1 amide bonds. The molecule has 1 aromatic rings. The predicted octanol–water partition coefficient (Wildman–Crippen LogP) is 2.65. The molecule has 1 aliphatic rings. The molecular weight excluding hydrogens is 282 g/mol. The topological polar surface area (TPSA) is 55.8 Å². The van der Waals surface area contributed by atoms with Gasteiger partial charge < -0.3 is 14.4 Å². The van der Waals surface area contributed by atoms with Crippen molar-refractivity contribution in [1.82, 2.24) is 4.90 Å². The van der Waals surface area contributed by atoms with Crippen molar-refractivity contribution in [3.63, 3.8) is 0 Å². The summed E-state index contributed by atoms with van der Waals surface area (Å²) < 4.78 is 10.3. The van der Waals surface area contributed by atoms with Crippen LogP contribution in [0.3, 0.4) is 0 Å². The van der Waals surface area contributed by atoms with Gasteiger partial charge in [0.2, 0.25) is 5.91 Å². The summed E-state index contributed by atoms with van der Waals surface area (Å²) in [5, 5.41) is 0. The highest BCUT2D eigenvalue weighted by Crippen LogP contribution is 2.28. The largest absolute Gasteiger partial charge is 0.493 e. The number of likely N-dealkylation sites (tertiary alicyclic amines) is 1. The van der Waals surface area contributed by atoms with Gasteiger partial charge in [-0.25, -0.2) is 0 Å². The molecule has 1 aromatic carbocycles. The molecule has 0 bridgehead atoms.